The van der Waals surface area contributed by atoms with Crippen LogP contribution in [0.1, 0.15) is 43.6 Å². The summed E-state index contributed by atoms with van der Waals surface area (Å²) in [5, 5.41) is 14.2. The number of nitrogens with one attached hydrogen (secondary N) is 1. The Labute approximate surface area is 107 Å². The van der Waals surface area contributed by atoms with Gasteiger partial charge in [-0.15, -0.1) is 0 Å². The molecule has 1 heterocycles. The standard InChI is InChI=1S/C14H18N2O2/c17-16(18)12-5-6-14-13(8-12)11(9-15-14)7-10-3-1-2-4-10/h5-6,8,10-11,15H,1-4,7,9H2. The average Bonchev–Trinajstić information content (AvgIpc) is 2.99. The van der Waals surface area contributed by atoms with Gasteiger partial charge in [0.2, 0.25) is 0 Å². The Morgan fingerprint density at radius 3 is 2.83 bits per heavy atom. The highest BCUT2D eigenvalue weighted by atomic mass is 16.6. The van der Waals surface area contributed by atoms with Crippen LogP contribution in [0, 0.1) is 16.0 Å². The molecule has 1 aromatic rings. The van der Waals surface area contributed by atoms with Crippen LogP contribution in [0.2, 0.25) is 0 Å². The Morgan fingerprint density at radius 1 is 1.33 bits per heavy atom. The van der Waals surface area contributed by atoms with E-state index in [-0.39, 0.29) is 10.6 Å². The molecule has 4 nitrogen and oxygen atoms in total. The zero-order valence-electron chi connectivity index (χ0n) is 10.4. The summed E-state index contributed by atoms with van der Waals surface area (Å²) >= 11 is 0. The van der Waals surface area contributed by atoms with E-state index < -0.39 is 0 Å². The molecule has 1 aromatic carbocycles. The number of nitro benzene ring substituents is 1. The van der Waals surface area contributed by atoms with E-state index in [0.717, 1.165) is 23.7 Å². The lowest BCUT2D eigenvalue weighted by atomic mass is 9.89. The van der Waals surface area contributed by atoms with Gasteiger partial charge in [0.15, 0.2) is 0 Å². The molecular weight excluding hydrogens is 228 g/mol. The van der Waals surface area contributed by atoms with Gasteiger partial charge < -0.3 is 5.32 Å². The summed E-state index contributed by atoms with van der Waals surface area (Å²) in [6.07, 6.45) is 6.56. The lowest BCUT2D eigenvalue weighted by Crippen LogP contribution is -2.07. The molecular formula is C14H18N2O2. The van der Waals surface area contributed by atoms with Gasteiger partial charge in [-0.25, -0.2) is 0 Å². The van der Waals surface area contributed by atoms with Crippen molar-refractivity contribution in [2.75, 3.05) is 11.9 Å². The topological polar surface area (TPSA) is 55.2 Å². The van der Waals surface area contributed by atoms with E-state index in [2.05, 4.69) is 5.32 Å². The third-order valence-electron chi connectivity index (χ3n) is 4.32. The monoisotopic (exact) mass is 246 g/mol. The second-order valence-corrected chi connectivity index (χ2v) is 5.49. The number of hydrogen-bond acceptors (Lipinski definition) is 3. The number of anilines is 1. The third kappa shape index (κ3) is 2.07. The molecule has 2 aliphatic rings. The van der Waals surface area contributed by atoms with Crippen molar-refractivity contribution in [1.82, 2.24) is 0 Å². The van der Waals surface area contributed by atoms with E-state index in [1.807, 2.05) is 6.07 Å². The molecule has 3 rings (SSSR count). The summed E-state index contributed by atoms with van der Waals surface area (Å²) in [6.45, 7) is 0.938. The Hall–Kier alpha value is -1.58. The van der Waals surface area contributed by atoms with E-state index in [4.69, 9.17) is 0 Å². The van der Waals surface area contributed by atoms with Crippen molar-refractivity contribution in [3.8, 4) is 0 Å². The van der Waals surface area contributed by atoms with E-state index in [9.17, 15) is 10.1 Å². The Kier molecular flexibility index (Phi) is 2.94. The molecule has 0 aromatic heterocycles. The van der Waals surface area contributed by atoms with Crippen LogP contribution in [0.3, 0.4) is 0 Å². The zero-order chi connectivity index (χ0) is 12.5. The first kappa shape index (κ1) is 11.5. The van der Waals surface area contributed by atoms with Gasteiger partial charge in [-0.2, -0.15) is 0 Å². The number of benzene rings is 1. The van der Waals surface area contributed by atoms with E-state index in [1.165, 1.54) is 32.1 Å². The lowest BCUT2D eigenvalue weighted by molar-refractivity contribution is -0.384. The van der Waals surface area contributed by atoms with Gasteiger partial charge in [0.25, 0.3) is 5.69 Å². The summed E-state index contributed by atoms with van der Waals surface area (Å²) in [6, 6.07) is 5.20. The maximum absolute atomic E-state index is 10.8. The van der Waals surface area contributed by atoms with Gasteiger partial charge in [-0.05, 0) is 24.0 Å². The fourth-order valence-electron chi connectivity index (χ4n) is 3.36. The fraction of sp³-hybridized carbons (Fsp3) is 0.571. The Morgan fingerprint density at radius 2 is 2.11 bits per heavy atom. The van der Waals surface area contributed by atoms with Crippen molar-refractivity contribution in [2.24, 2.45) is 5.92 Å². The zero-order valence-corrected chi connectivity index (χ0v) is 10.4. The first-order valence-electron chi connectivity index (χ1n) is 6.76. The maximum atomic E-state index is 10.8. The van der Waals surface area contributed by atoms with Crippen LogP contribution in [-0.4, -0.2) is 11.5 Å². The second-order valence-electron chi connectivity index (χ2n) is 5.49. The summed E-state index contributed by atoms with van der Waals surface area (Å²) < 4.78 is 0. The van der Waals surface area contributed by atoms with E-state index in [1.54, 1.807) is 12.1 Å². The minimum atomic E-state index is -0.300. The van der Waals surface area contributed by atoms with Gasteiger partial charge in [-0.1, -0.05) is 25.7 Å². The number of hydrogen-bond donors (Lipinski definition) is 1. The van der Waals surface area contributed by atoms with Gasteiger partial charge in [0.05, 0.1) is 4.92 Å². The summed E-state index contributed by atoms with van der Waals surface area (Å²) in [7, 11) is 0. The summed E-state index contributed by atoms with van der Waals surface area (Å²) in [5.41, 5.74) is 2.45. The molecule has 1 unspecified atom stereocenters. The molecule has 18 heavy (non-hydrogen) atoms. The first-order chi connectivity index (χ1) is 8.74. The quantitative estimate of drug-likeness (QED) is 0.653. The highest BCUT2D eigenvalue weighted by Gasteiger charge is 2.28. The second kappa shape index (κ2) is 4.59. The SMILES string of the molecule is O=[N+]([O-])c1ccc2c(c1)C(CC1CCCC1)CN2. The smallest absolute Gasteiger partial charge is 0.269 e. The fourth-order valence-corrected chi connectivity index (χ4v) is 3.36. The molecule has 1 aliphatic carbocycles. The maximum Gasteiger partial charge on any atom is 0.269 e. The lowest BCUT2D eigenvalue weighted by Gasteiger charge is -2.15. The van der Waals surface area contributed by atoms with Gasteiger partial charge in [-0.3, -0.25) is 10.1 Å². The highest BCUT2D eigenvalue weighted by molar-refractivity contribution is 5.61. The number of non-ortho nitro benzene ring substituents is 1. The largest absolute Gasteiger partial charge is 0.384 e. The van der Waals surface area contributed by atoms with Crippen LogP contribution >= 0.6 is 0 Å². The molecule has 1 fully saturated rings. The Bertz CT molecular complexity index is 467. The molecule has 1 N–H and O–H groups in total. The van der Waals surface area contributed by atoms with Crippen molar-refractivity contribution in [1.29, 1.82) is 0 Å². The molecule has 0 radical (unpaired) electrons. The number of rotatable bonds is 3. The van der Waals surface area contributed by atoms with Crippen LogP contribution in [0.4, 0.5) is 11.4 Å². The Balaban J connectivity index is 1.80. The van der Waals surface area contributed by atoms with Gasteiger partial charge >= 0.3 is 0 Å². The molecule has 96 valence electrons. The number of nitro groups is 1. The van der Waals surface area contributed by atoms with Crippen LogP contribution in [0.15, 0.2) is 18.2 Å². The van der Waals surface area contributed by atoms with Crippen molar-refractivity contribution in [3.05, 3.63) is 33.9 Å². The van der Waals surface area contributed by atoms with E-state index >= 15 is 0 Å². The van der Waals surface area contributed by atoms with Crippen LogP contribution < -0.4 is 5.32 Å². The highest BCUT2D eigenvalue weighted by Crippen LogP contribution is 2.40. The van der Waals surface area contributed by atoms with Gasteiger partial charge in [0.1, 0.15) is 0 Å². The predicted octanol–water partition coefficient (Wildman–Crippen LogP) is 3.68. The molecule has 1 saturated carbocycles. The molecule has 0 amide bonds. The van der Waals surface area contributed by atoms with Crippen molar-refractivity contribution in [3.63, 3.8) is 0 Å². The summed E-state index contributed by atoms with van der Waals surface area (Å²) in [4.78, 5) is 10.5. The number of nitrogens with zero attached hydrogens (tertiary/aromatic N) is 1. The van der Waals surface area contributed by atoms with Gasteiger partial charge in [0, 0.05) is 30.3 Å². The van der Waals surface area contributed by atoms with Crippen molar-refractivity contribution < 1.29 is 4.92 Å². The normalized spacial score (nSPS) is 22.8. The molecule has 4 heteroatoms. The third-order valence-corrected chi connectivity index (χ3v) is 4.32. The van der Waals surface area contributed by atoms with E-state index in [0.29, 0.717) is 5.92 Å². The van der Waals surface area contributed by atoms with Crippen LogP contribution in [0.5, 0.6) is 0 Å². The molecule has 0 bridgehead atoms. The summed E-state index contributed by atoms with van der Waals surface area (Å²) in [5.74, 6) is 1.28. The minimum absolute atomic E-state index is 0.217. The molecule has 0 saturated heterocycles. The number of fused-ring (bicyclic) bond motifs is 1. The predicted molar refractivity (Wildman–Crippen MR) is 70.9 cm³/mol. The van der Waals surface area contributed by atoms with Crippen molar-refractivity contribution >= 4 is 11.4 Å². The van der Waals surface area contributed by atoms with Crippen LogP contribution in [-0.2, 0) is 0 Å². The van der Waals surface area contributed by atoms with Crippen LogP contribution in [0.25, 0.3) is 0 Å². The molecule has 0 spiro atoms. The average molecular weight is 246 g/mol. The van der Waals surface area contributed by atoms with Crippen molar-refractivity contribution in [2.45, 2.75) is 38.0 Å². The molecule has 1 aliphatic heterocycles. The first-order valence-corrected chi connectivity index (χ1v) is 6.76. The molecule has 1 atom stereocenters. The minimum Gasteiger partial charge on any atom is -0.384 e.